The second kappa shape index (κ2) is 9.54. The summed E-state index contributed by atoms with van der Waals surface area (Å²) in [4.78, 5) is 27.9. The van der Waals surface area contributed by atoms with E-state index in [1.165, 1.54) is 0 Å². The molecule has 2 heterocycles. The number of hydrogen-bond donors (Lipinski definition) is 2. The Balaban J connectivity index is 1.41. The predicted molar refractivity (Wildman–Crippen MR) is 114 cm³/mol. The summed E-state index contributed by atoms with van der Waals surface area (Å²) in [5.41, 5.74) is 2.60. The second-order valence-electron chi connectivity index (χ2n) is 8.63. The number of carboxylic acids is 1. The van der Waals surface area contributed by atoms with Crippen molar-refractivity contribution in [2.45, 2.75) is 58.1 Å². The summed E-state index contributed by atoms with van der Waals surface area (Å²) in [6, 6.07) is 3.64. The number of carbonyl (C=O) groups excluding carboxylic acids is 1. The Bertz CT molecular complexity index is 987. The summed E-state index contributed by atoms with van der Waals surface area (Å²) >= 11 is 0. The van der Waals surface area contributed by atoms with Crippen molar-refractivity contribution in [3.8, 4) is 17.1 Å². The fourth-order valence-electron chi connectivity index (χ4n) is 3.92. The number of alkyl carbamates (subject to hydrolysis) is 1. The average Bonchev–Trinajstić information content (AvgIpc) is 3.53. The van der Waals surface area contributed by atoms with Crippen molar-refractivity contribution < 1.29 is 24.2 Å². The van der Waals surface area contributed by atoms with E-state index in [0.29, 0.717) is 53.9 Å². The molecule has 2 saturated carbocycles. The number of rotatable bonds is 8. The van der Waals surface area contributed by atoms with E-state index in [0.717, 1.165) is 25.7 Å². The van der Waals surface area contributed by atoms with Crippen molar-refractivity contribution in [2.75, 3.05) is 6.61 Å². The molecule has 10 nitrogen and oxygen atoms in total. The van der Waals surface area contributed by atoms with Gasteiger partial charge >= 0.3 is 12.1 Å². The summed E-state index contributed by atoms with van der Waals surface area (Å²) in [6.07, 6.45) is 4.53. The highest BCUT2D eigenvalue weighted by molar-refractivity contribution is 5.70. The fourth-order valence-corrected chi connectivity index (χ4v) is 3.92. The molecule has 0 spiro atoms. The van der Waals surface area contributed by atoms with Gasteiger partial charge in [0.15, 0.2) is 0 Å². The number of ether oxygens (including phenoxy) is 2. The van der Waals surface area contributed by atoms with Crippen molar-refractivity contribution in [1.29, 1.82) is 0 Å². The van der Waals surface area contributed by atoms with E-state index in [-0.39, 0.29) is 18.6 Å². The van der Waals surface area contributed by atoms with E-state index in [2.05, 4.69) is 20.6 Å². The maximum Gasteiger partial charge on any atom is 0.407 e. The smallest absolute Gasteiger partial charge is 0.407 e. The number of nitrogens with zero attached hydrogens (tertiary/aromatic N) is 4. The zero-order valence-corrected chi connectivity index (χ0v) is 18.4. The first kappa shape index (κ1) is 22.0. The Morgan fingerprint density at radius 3 is 2.78 bits per heavy atom. The van der Waals surface area contributed by atoms with Crippen molar-refractivity contribution in [3.05, 3.63) is 23.5 Å². The molecule has 0 saturated heterocycles. The molecule has 0 bridgehead atoms. The highest BCUT2D eigenvalue weighted by Crippen LogP contribution is 2.31. The van der Waals surface area contributed by atoms with E-state index in [4.69, 9.17) is 9.47 Å². The molecular weight excluding hydrogens is 414 g/mol. The van der Waals surface area contributed by atoms with Gasteiger partial charge in [-0.05, 0) is 63.5 Å². The molecule has 0 unspecified atom stereocenters. The molecule has 2 N–H and O–H groups in total. The van der Waals surface area contributed by atoms with E-state index in [9.17, 15) is 14.7 Å². The topological polar surface area (TPSA) is 128 Å². The van der Waals surface area contributed by atoms with E-state index < -0.39 is 12.1 Å². The number of amides is 1. The lowest BCUT2D eigenvalue weighted by atomic mass is 9.87. The maximum absolute atomic E-state index is 11.9. The third-order valence-electron chi connectivity index (χ3n) is 6.04. The first-order valence-electron chi connectivity index (χ1n) is 11.1. The standard InChI is InChI=1S/C22H29N5O5/c1-13-19(32-16-5-3-4-15(10-16)21(28)29)9-8-17(24-13)20-18(27(2)26-25-20)11-23-22(30)31-12-14-6-7-14/h8-9,14-16H,3-7,10-12H2,1-2H3,(H,23,30)(H,28,29)/t15-,16-/m0/s1. The summed E-state index contributed by atoms with van der Waals surface area (Å²) in [5.74, 6) is 0.0267. The summed E-state index contributed by atoms with van der Waals surface area (Å²) in [6.45, 7) is 2.53. The van der Waals surface area contributed by atoms with Gasteiger partial charge in [0.05, 0.1) is 42.3 Å². The average molecular weight is 444 g/mol. The van der Waals surface area contributed by atoms with Gasteiger partial charge in [0, 0.05) is 7.05 Å². The Morgan fingerprint density at radius 2 is 2.06 bits per heavy atom. The highest BCUT2D eigenvalue weighted by atomic mass is 16.5. The molecule has 2 aromatic heterocycles. The number of aliphatic carboxylic acids is 1. The van der Waals surface area contributed by atoms with Crippen LogP contribution in [-0.2, 0) is 23.1 Å². The molecule has 2 aliphatic rings. The van der Waals surface area contributed by atoms with E-state index in [1.54, 1.807) is 17.8 Å². The molecular formula is C22H29N5O5. The van der Waals surface area contributed by atoms with Gasteiger partial charge in [0.25, 0.3) is 0 Å². The molecule has 2 aliphatic carbocycles. The minimum Gasteiger partial charge on any atom is -0.489 e. The van der Waals surface area contributed by atoms with Gasteiger partial charge in [0.1, 0.15) is 11.4 Å². The molecule has 0 radical (unpaired) electrons. The van der Waals surface area contributed by atoms with Gasteiger partial charge in [-0.15, -0.1) is 5.10 Å². The van der Waals surface area contributed by atoms with E-state index in [1.807, 2.05) is 13.0 Å². The monoisotopic (exact) mass is 443 g/mol. The van der Waals surface area contributed by atoms with Gasteiger partial charge in [-0.1, -0.05) is 5.21 Å². The number of hydrogen-bond acceptors (Lipinski definition) is 7. The van der Waals surface area contributed by atoms with Gasteiger partial charge in [-0.3, -0.25) is 4.79 Å². The summed E-state index contributed by atoms with van der Waals surface area (Å²) in [5, 5.41) is 20.3. The molecule has 2 fully saturated rings. The third-order valence-corrected chi connectivity index (χ3v) is 6.04. The number of carboxylic acid groups (broad SMARTS) is 1. The van der Waals surface area contributed by atoms with Crippen LogP contribution in [0.4, 0.5) is 4.79 Å². The molecule has 32 heavy (non-hydrogen) atoms. The molecule has 0 aliphatic heterocycles. The summed E-state index contributed by atoms with van der Waals surface area (Å²) < 4.78 is 12.9. The molecule has 4 rings (SSSR count). The van der Waals surface area contributed by atoms with Gasteiger partial charge in [-0.25, -0.2) is 14.5 Å². The van der Waals surface area contributed by atoms with Crippen LogP contribution in [-0.4, -0.2) is 49.9 Å². The molecule has 0 aromatic carbocycles. The second-order valence-corrected chi connectivity index (χ2v) is 8.63. The Labute approximate surface area is 186 Å². The lowest BCUT2D eigenvalue weighted by molar-refractivity contribution is -0.143. The minimum absolute atomic E-state index is 0.130. The third kappa shape index (κ3) is 5.35. The van der Waals surface area contributed by atoms with E-state index >= 15 is 0 Å². The predicted octanol–water partition coefficient (Wildman–Crippen LogP) is 2.84. The normalized spacial score (nSPS) is 20.6. The SMILES string of the molecule is Cc1nc(-c2nnn(C)c2CNC(=O)OCC2CC2)ccc1O[C@H]1CCC[C@H](C(=O)O)C1. The van der Waals surface area contributed by atoms with Crippen molar-refractivity contribution in [2.24, 2.45) is 18.9 Å². The van der Waals surface area contributed by atoms with Crippen LogP contribution in [0.2, 0.25) is 0 Å². The number of nitrogens with one attached hydrogen (secondary N) is 1. The van der Waals surface area contributed by atoms with Crippen molar-refractivity contribution in [3.63, 3.8) is 0 Å². The lowest BCUT2D eigenvalue weighted by Gasteiger charge is -2.27. The Morgan fingerprint density at radius 1 is 1.25 bits per heavy atom. The van der Waals surface area contributed by atoms with Crippen LogP contribution in [0.15, 0.2) is 12.1 Å². The van der Waals surface area contributed by atoms with Gasteiger partial charge < -0.3 is 19.9 Å². The first-order valence-corrected chi connectivity index (χ1v) is 11.1. The maximum atomic E-state index is 11.9. The molecule has 2 atom stereocenters. The van der Waals surface area contributed by atoms with Crippen LogP contribution >= 0.6 is 0 Å². The van der Waals surface area contributed by atoms with Gasteiger partial charge in [-0.2, -0.15) is 0 Å². The van der Waals surface area contributed by atoms with Crippen LogP contribution in [0.1, 0.15) is 49.9 Å². The van der Waals surface area contributed by atoms with Crippen LogP contribution in [0.25, 0.3) is 11.4 Å². The number of pyridine rings is 1. The van der Waals surface area contributed by atoms with Crippen LogP contribution in [0.5, 0.6) is 5.75 Å². The Kier molecular flexibility index (Phi) is 6.57. The fraction of sp³-hybridized carbons (Fsp3) is 0.591. The Hall–Kier alpha value is -3.17. The zero-order valence-electron chi connectivity index (χ0n) is 18.4. The van der Waals surface area contributed by atoms with Crippen LogP contribution in [0, 0.1) is 18.8 Å². The zero-order chi connectivity index (χ0) is 22.7. The van der Waals surface area contributed by atoms with Crippen LogP contribution in [0.3, 0.4) is 0 Å². The minimum atomic E-state index is -0.760. The largest absolute Gasteiger partial charge is 0.489 e. The summed E-state index contributed by atoms with van der Waals surface area (Å²) in [7, 11) is 1.76. The van der Waals surface area contributed by atoms with Crippen molar-refractivity contribution in [1.82, 2.24) is 25.3 Å². The quantitative estimate of drug-likeness (QED) is 0.637. The molecule has 1 amide bonds. The number of aromatic nitrogens is 4. The highest BCUT2D eigenvalue weighted by Gasteiger charge is 2.28. The number of carbonyl (C=O) groups is 2. The molecule has 10 heteroatoms. The molecule has 2 aromatic rings. The molecule has 172 valence electrons. The van der Waals surface area contributed by atoms with Crippen molar-refractivity contribution >= 4 is 12.1 Å². The number of aryl methyl sites for hydroxylation is 2. The van der Waals surface area contributed by atoms with Gasteiger partial charge in [0.2, 0.25) is 0 Å². The lowest BCUT2D eigenvalue weighted by Crippen LogP contribution is -2.29. The first-order chi connectivity index (χ1) is 15.4. The van der Waals surface area contributed by atoms with Crippen LogP contribution < -0.4 is 10.1 Å².